The number of pyridine rings is 1. The number of anilines is 1. The van der Waals surface area contributed by atoms with E-state index in [0.29, 0.717) is 28.8 Å². The van der Waals surface area contributed by atoms with Gasteiger partial charge >= 0.3 is 0 Å². The fourth-order valence-corrected chi connectivity index (χ4v) is 2.95. The number of halogens is 1. The number of aromatic nitrogens is 1. The van der Waals surface area contributed by atoms with Crippen molar-refractivity contribution in [2.24, 2.45) is 0 Å². The zero-order valence-corrected chi connectivity index (χ0v) is 16.2. The molecule has 0 radical (unpaired) electrons. The van der Waals surface area contributed by atoms with Gasteiger partial charge in [-0.3, -0.25) is 4.98 Å². The summed E-state index contributed by atoms with van der Waals surface area (Å²) < 4.78 is 16.3. The number of hydrogen-bond acceptors (Lipinski definition) is 5. The smallest absolute Gasteiger partial charge is 0.203 e. The van der Waals surface area contributed by atoms with Gasteiger partial charge in [-0.1, -0.05) is 17.7 Å². The Morgan fingerprint density at radius 2 is 1.59 bits per heavy atom. The highest BCUT2D eigenvalue weighted by atomic mass is 35.5. The predicted molar refractivity (Wildman–Crippen MR) is 108 cm³/mol. The first-order chi connectivity index (χ1) is 13.2. The Labute approximate surface area is 163 Å². The van der Waals surface area contributed by atoms with Crippen LogP contribution in [0.1, 0.15) is 5.56 Å². The molecule has 0 atom stereocenters. The van der Waals surface area contributed by atoms with E-state index in [1.807, 2.05) is 48.5 Å². The molecule has 0 saturated heterocycles. The van der Waals surface area contributed by atoms with E-state index in [0.717, 1.165) is 22.5 Å². The van der Waals surface area contributed by atoms with E-state index < -0.39 is 0 Å². The van der Waals surface area contributed by atoms with Crippen molar-refractivity contribution in [2.75, 3.05) is 26.6 Å². The van der Waals surface area contributed by atoms with Gasteiger partial charge in [0.25, 0.3) is 0 Å². The SMILES string of the molecule is COc1cc(-c2ncccc2CNc2ccc(Cl)cc2)cc(OC)c1OC. The number of rotatable bonds is 7. The molecule has 1 aromatic heterocycles. The Hall–Kier alpha value is -2.92. The zero-order chi connectivity index (χ0) is 19.2. The summed E-state index contributed by atoms with van der Waals surface area (Å²) in [7, 11) is 4.78. The van der Waals surface area contributed by atoms with Crippen LogP contribution in [-0.2, 0) is 6.54 Å². The summed E-state index contributed by atoms with van der Waals surface area (Å²) in [4.78, 5) is 4.57. The summed E-state index contributed by atoms with van der Waals surface area (Å²) in [6.45, 7) is 0.613. The summed E-state index contributed by atoms with van der Waals surface area (Å²) in [6, 6.07) is 15.3. The molecule has 0 unspecified atom stereocenters. The van der Waals surface area contributed by atoms with Crippen LogP contribution in [0, 0.1) is 0 Å². The molecule has 0 aliphatic rings. The zero-order valence-electron chi connectivity index (χ0n) is 15.5. The van der Waals surface area contributed by atoms with Crippen molar-refractivity contribution in [1.82, 2.24) is 4.98 Å². The van der Waals surface area contributed by atoms with E-state index in [9.17, 15) is 0 Å². The maximum Gasteiger partial charge on any atom is 0.203 e. The van der Waals surface area contributed by atoms with E-state index in [4.69, 9.17) is 25.8 Å². The van der Waals surface area contributed by atoms with Crippen LogP contribution < -0.4 is 19.5 Å². The Morgan fingerprint density at radius 1 is 0.926 bits per heavy atom. The minimum Gasteiger partial charge on any atom is -0.493 e. The standard InChI is InChI=1S/C21H21ClN2O3/c1-25-18-11-15(12-19(26-2)21(18)27-3)20-14(5-4-10-23-20)13-24-17-8-6-16(22)7-9-17/h4-12,24H,13H2,1-3H3. The van der Waals surface area contributed by atoms with Gasteiger partial charge in [-0.15, -0.1) is 0 Å². The van der Waals surface area contributed by atoms with Crippen molar-refractivity contribution in [1.29, 1.82) is 0 Å². The van der Waals surface area contributed by atoms with Crippen molar-refractivity contribution in [3.05, 3.63) is 65.3 Å². The molecule has 0 saturated carbocycles. The third-order valence-corrected chi connectivity index (χ3v) is 4.41. The molecule has 1 heterocycles. The maximum atomic E-state index is 5.94. The number of hydrogen-bond donors (Lipinski definition) is 1. The molecule has 6 heteroatoms. The highest BCUT2D eigenvalue weighted by molar-refractivity contribution is 6.30. The lowest BCUT2D eigenvalue weighted by atomic mass is 10.0. The van der Waals surface area contributed by atoms with Crippen molar-refractivity contribution in [2.45, 2.75) is 6.54 Å². The molecular formula is C21H21ClN2O3. The van der Waals surface area contributed by atoms with Crippen LogP contribution >= 0.6 is 11.6 Å². The van der Waals surface area contributed by atoms with E-state index >= 15 is 0 Å². The largest absolute Gasteiger partial charge is 0.493 e. The van der Waals surface area contributed by atoms with Gasteiger partial charge in [0.05, 0.1) is 27.0 Å². The van der Waals surface area contributed by atoms with Crippen LogP contribution in [0.5, 0.6) is 17.2 Å². The van der Waals surface area contributed by atoms with E-state index in [2.05, 4.69) is 10.3 Å². The van der Waals surface area contributed by atoms with Crippen LogP contribution in [0.2, 0.25) is 5.02 Å². The molecule has 3 aromatic rings. The molecule has 3 rings (SSSR count). The molecule has 1 N–H and O–H groups in total. The highest BCUT2D eigenvalue weighted by Gasteiger charge is 2.16. The Kier molecular flexibility index (Phi) is 6.04. The molecular weight excluding hydrogens is 364 g/mol. The van der Waals surface area contributed by atoms with E-state index in [1.54, 1.807) is 27.5 Å². The summed E-state index contributed by atoms with van der Waals surface area (Å²) in [5.74, 6) is 1.74. The predicted octanol–water partition coefficient (Wildman–Crippen LogP) is 5.04. The summed E-state index contributed by atoms with van der Waals surface area (Å²) >= 11 is 5.94. The van der Waals surface area contributed by atoms with Gasteiger partial charge in [-0.25, -0.2) is 0 Å². The van der Waals surface area contributed by atoms with Gasteiger partial charge < -0.3 is 19.5 Å². The normalized spacial score (nSPS) is 10.4. The molecule has 0 aliphatic carbocycles. The molecule has 0 spiro atoms. The monoisotopic (exact) mass is 384 g/mol. The van der Waals surface area contributed by atoms with Gasteiger partial charge in [-0.05, 0) is 48.0 Å². The third kappa shape index (κ3) is 4.26. The Balaban J connectivity index is 1.94. The minimum absolute atomic E-state index is 0.556. The molecule has 0 aliphatic heterocycles. The molecule has 0 bridgehead atoms. The maximum absolute atomic E-state index is 5.94. The second-order valence-corrected chi connectivity index (χ2v) is 6.22. The fraction of sp³-hybridized carbons (Fsp3) is 0.190. The van der Waals surface area contributed by atoms with Gasteiger partial charge in [0.1, 0.15) is 0 Å². The number of ether oxygens (including phenoxy) is 3. The number of nitrogens with zero attached hydrogens (tertiary/aromatic N) is 1. The lowest BCUT2D eigenvalue weighted by Gasteiger charge is -2.16. The Morgan fingerprint density at radius 3 is 2.19 bits per heavy atom. The van der Waals surface area contributed by atoms with Crippen molar-refractivity contribution >= 4 is 17.3 Å². The average Bonchev–Trinajstić information content (AvgIpc) is 2.72. The molecule has 27 heavy (non-hydrogen) atoms. The molecule has 5 nitrogen and oxygen atoms in total. The summed E-state index contributed by atoms with van der Waals surface area (Å²) in [5.41, 5.74) is 3.76. The van der Waals surface area contributed by atoms with Crippen LogP contribution in [0.4, 0.5) is 5.69 Å². The van der Waals surface area contributed by atoms with Gasteiger partial charge in [0, 0.05) is 29.0 Å². The van der Waals surface area contributed by atoms with Crippen molar-refractivity contribution in [3.63, 3.8) is 0 Å². The molecule has 0 fully saturated rings. The molecule has 0 amide bonds. The number of methoxy groups -OCH3 is 3. The fourth-order valence-electron chi connectivity index (χ4n) is 2.82. The number of nitrogens with one attached hydrogen (secondary N) is 1. The third-order valence-electron chi connectivity index (χ3n) is 4.16. The highest BCUT2D eigenvalue weighted by Crippen LogP contribution is 2.41. The van der Waals surface area contributed by atoms with Gasteiger partial charge in [-0.2, -0.15) is 0 Å². The van der Waals surface area contributed by atoms with Crippen molar-refractivity contribution < 1.29 is 14.2 Å². The average molecular weight is 385 g/mol. The van der Waals surface area contributed by atoms with Crippen LogP contribution in [-0.4, -0.2) is 26.3 Å². The topological polar surface area (TPSA) is 52.6 Å². The first kappa shape index (κ1) is 18.9. The first-order valence-corrected chi connectivity index (χ1v) is 8.77. The lowest BCUT2D eigenvalue weighted by molar-refractivity contribution is 0.324. The van der Waals surface area contributed by atoms with Crippen LogP contribution in [0.25, 0.3) is 11.3 Å². The minimum atomic E-state index is 0.556. The molecule has 140 valence electrons. The summed E-state index contributed by atoms with van der Waals surface area (Å²) in [6.07, 6.45) is 1.77. The van der Waals surface area contributed by atoms with Gasteiger partial charge in [0.2, 0.25) is 5.75 Å². The second-order valence-electron chi connectivity index (χ2n) is 5.79. The first-order valence-electron chi connectivity index (χ1n) is 8.40. The second kappa shape index (κ2) is 8.64. The van der Waals surface area contributed by atoms with E-state index in [-0.39, 0.29) is 0 Å². The summed E-state index contributed by atoms with van der Waals surface area (Å²) in [5, 5.41) is 4.10. The van der Waals surface area contributed by atoms with Crippen LogP contribution in [0.15, 0.2) is 54.7 Å². The lowest BCUT2D eigenvalue weighted by Crippen LogP contribution is -2.03. The number of benzene rings is 2. The van der Waals surface area contributed by atoms with Gasteiger partial charge in [0.15, 0.2) is 11.5 Å². The molecule has 2 aromatic carbocycles. The quantitative estimate of drug-likeness (QED) is 0.618. The van der Waals surface area contributed by atoms with Crippen LogP contribution in [0.3, 0.4) is 0 Å². The van der Waals surface area contributed by atoms with E-state index in [1.165, 1.54) is 0 Å². The van der Waals surface area contributed by atoms with Crippen molar-refractivity contribution in [3.8, 4) is 28.5 Å². The Bertz CT molecular complexity index is 889.